The van der Waals surface area contributed by atoms with E-state index in [1.54, 1.807) is 36.4 Å². The van der Waals surface area contributed by atoms with Crippen LogP contribution in [0, 0.1) is 3.57 Å². The van der Waals surface area contributed by atoms with E-state index in [9.17, 15) is 14.7 Å². The van der Waals surface area contributed by atoms with Crippen LogP contribution in [0.25, 0.3) is 6.08 Å². The molecule has 1 fully saturated rings. The standard InChI is InChI=1S/C17H11IO5/c18-13-9-10(6-7-14(13)19)8-12-15(20)22-17(23-16(12)21)11-4-2-1-3-5-11/h1-9,17,19H. The molecule has 0 unspecified atom stereocenters. The van der Waals surface area contributed by atoms with Gasteiger partial charge in [-0.15, -0.1) is 0 Å². The molecule has 2 aromatic carbocycles. The van der Waals surface area contributed by atoms with Crippen LogP contribution >= 0.6 is 22.6 Å². The van der Waals surface area contributed by atoms with Crippen molar-refractivity contribution in [3.8, 4) is 5.75 Å². The molecule has 1 N–H and O–H groups in total. The first kappa shape index (κ1) is 15.5. The quantitative estimate of drug-likeness (QED) is 0.349. The summed E-state index contributed by atoms with van der Waals surface area (Å²) < 4.78 is 11.0. The van der Waals surface area contributed by atoms with Gasteiger partial charge in [-0.3, -0.25) is 0 Å². The molecule has 0 saturated carbocycles. The first-order valence-electron chi connectivity index (χ1n) is 6.72. The number of hydrogen-bond acceptors (Lipinski definition) is 5. The second-order valence-electron chi connectivity index (χ2n) is 4.82. The zero-order chi connectivity index (χ0) is 16.4. The fraction of sp³-hybridized carbons (Fsp3) is 0.0588. The number of carbonyl (C=O) groups is 2. The van der Waals surface area contributed by atoms with Crippen molar-refractivity contribution in [2.24, 2.45) is 0 Å². The van der Waals surface area contributed by atoms with E-state index >= 15 is 0 Å². The Morgan fingerprint density at radius 1 is 1.00 bits per heavy atom. The van der Waals surface area contributed by atoms with Gasteiger partial charge in [0.25, 0.3) is 6.29 Å². The second kappa shape index (κ2) is 6.41. The van der Waals surface area contributed by atoms with Gasteiger partial charge in [-0.05, 0) is 46.4 Å². The van der Waals surface area contributed by atoms with Crippen molar-refractivity contribution in [1.82, 2.24) is 0 Å². The summed E-state index contributed by atoms with van der Waals surface area (Å²) in [6, 6.07) is 13.5. The van der Waals surface area contributed by atoms with E-state index in [2.05, 4.69) is 0 Å². The molecular weight excluding hydrogens is 411 g/mol. The molecule has 1 aliphatic rings. The number of cyclic esters (lactones) is 2. The molecule has 0 atom stereocenters. The van der Waals surface area contributed by atoms with Crippen LogP contribution in [-0.2, 0) is 19.1 Å². The van der Waals surface area contributed by atoms with Gasteiger partial charge < -0.3 is 14.6 Å². The summed E-state index contributed by atoms with van der Waals surface area (Å²) in [4.78, 5) is 24.2. The lowest BCUT2D eigenvalue weighted by atomic mass is 10.1. The van der Waals surface area contributed by atoms with E-state index in [1.165, 1.54) is 12.1 Å². The molecule has 0 radical (unpaired) electrons. The molecular formula is C17H11IO5. The normalized spacial score (nSPS) is 17.4. The third-order valence-electron chi connectivity index (χ3n) is 3.22. The number of phenolic OH excluding ortho intramolecular Hbond substituents is 1. The Balaban J connectivity index is 1.85. The molecule has 2 aromatic rings. The summed E-state index contributed by atoms with van der Waals surface area (Å²) in [5, 5.41) is 9.50. The van der Waals surface area contributed by atoms with E-state index in [4.69, 9.17) is 9.47 Å². The number of halogens is 1. The van der Waals surface area contributed by atoms with Crippen molar-refractivity contribution < 1.29 is 24.2 Å². The maximum Gasteiger partial charge on any atom is 0.348 e. The summed E-state index contributed by atoms with van der Waals surface area (Å²) in [7, 11) is 0. The molecule has 5 nitrogen and oxygen atoms in total. The molecule has 0 aliphatic carbocycles. The first-order valence-corrected chi connectivity index (χ1v) is 7.79. The molecule has 0 spiro atoms. The molecule has 23 heavy (non-hydrogen) atoms. The summed E-state index contributed by atoms with van der Waals surface area (Å²) in [6.07, 6.45) is 0.348. The lowest BCUT2D eigenvalue weighted by molar-refractivity contribution is -0.195. The highest BCUT2D eigenvalue weighted by Crippen LogP contribution is 2.28. The topological polar surface area (TPSA) is 72.8 Å². The largest absolute Gasteiger partial charge is 0.507 e. The monoisotopic (exact) mass is 422 g/mol. The average molecular weight is 422 g/mol. The van der Waals surface area contributed by atoms with Gasteiger partial charge in [0.2, 0.25) is 0 Å². The third-order valence-corrected chi connectivity index (χ3v) is 4.09. The van der Waals surface area contributed by atoms with Crippen molar-refractivity contribution in [3.05, 3.63) is 68.8 Å². The summed E-state index contributed by atoms with van der Waals surface area (Å²) in [5.74, 6) is -1.35. The van der Waals surface area contributed by atoms with Crippen molar-refractivity contribution in [3.63, 3.8) is 0 Å². The highest BCUT2D eigenvalue weighted by atomic mass is 127. The Labute approximate surface area is 145 Å². The zero-order valence-corrected chi connectivity index (χ0v) is 13.9. The van der Waals surface area contributed by atoms with Crippen LogP contribution in [0.1, 0.15) is 17.4 Å². The summed E-state index contributed by atoms with van der Waals surface area (Å²) >= 11 is 1.95. The summed E-state index contributed by atoms with van der Waals surface area (Å²) in [5.41, 5.74) is 1.00. The Bertz CT molecular complexity index is 778. The minimum absolute atomic E-state index is 0.130. The van der Waals surface area contributed by atoms with E-state index < -0.39 is 18.2 Å². The fourth-order valence-electron chi connectivity index (χ4n) is 2.07. The number of benzene rings is 2. The average Bonchev–Trinajstić information content (AvgIpc) is 2.55. The number of esters is 2. The van der Waals surface area contributed by atoms with Gasteiger partial charge in [-0.2, -0.15) is 0 Å². The van der Waals surface area contributed by atoms with E-state index in [1.807, 2.05) is 28.7 Å². The molecule has 3 rings (SSSR count). The van der Waals surface area contributed by atoms with Gasteiger partial charge in [0.05, 0.1) is 3.57 Å². The Hall–Kier alpha value is -2.35. The predicted molar refractivity (Wildman–Crippen MR) is 90.2 cm³/mol. The minimum Gasteiger partial charge on any atom is -0.507 e. The molecule has 1 heterocycles. The zero-order valence-electron chi connectivity index (χ0n) is 11.7. The van der Waals surface area contributed by atoms with Crippen LogP contribution in [0.15, 0.2) is 54.1 Å². The van der Waals surface area contributed by atoms with Crippen molar-refractivity contribution in [2.45, 2.75) is 6.29 Å². The summed E-state index contributed by atoms with van der Waals surface area (Å²) in [6.45, 7) is 0. The highest BCUT2D eigenvalue weighted by molar-refractivity contribution is 14.1. The number of phenols is 1. The van der Waals surface area contributed by atoms with E-state index in [-0.39, 0.29) is 11.3 Å². The van der Waals surface area contributed by atoms with Gasteiger partial charge in [0, 0.05) is 5.56 Å². The van der Waals surface area contributed by atoms with Gasteiger partial charge >= 0.3 is 11.9 Å². The van der Waals surface area contributed by atoms with Gasteiger partial charge in [-0.25, -0.2) is 9.59 Å². The van der Waals surface area contributed by atoms with Gasteiger partial charge in [0.1, 0.15) is 11.3 Å². The molecule has 6 heteroatoms. The number of aromatic hydroxyl groups is 1. The first-order chi connectivity index (χ1) is 11.0. The van der Waals surface area contributed by atoms with Crippen LogP contribution in [-0.4, -0.2) is 17.0 Å². The Kier molecular flexibility index (Phi) is 4.33. The smallest absolute Gasteiger partial charge is 0.348 e. The Morgan fingerprint density at radius 3 is 2.26 bits per heavy atom. The highest BCUT2D eigenvalue weighted by Gasteiger charge is 2.34. The number of ether oxygens (including phenoxy) is 2. The molecule has 1 saturated heterocycles. The molecule has 116 valence electrons. The number of carbonyl (C=O) groups excluding carboxylic acids is 2. The van der Waals surface area contributed by atoms with Gasteiger partial charge in [0.15, 0.2) is 0 Å². The SMILES string of the molecule is O=C1OC(c2ccccc2)OC(=O)C1=Cc1ccc(O)c(I)c1. The van der Waals surface area contributed by atoms with Crippen LogP contribution in [0.4, 0.5) is 0 Å². The third kappa shape index (κ3) is 3.37. The van der Waals surface area contributed by atoms with Crippen molar-refractivity contribution in [1.29, 1.82) is 0 Å². The lowest BCUT2D eigenvalue weighted by Crippen LogP contribution is -2.29. The lowest BCUT2D eigenvalue weighted by Gasteiger charge is -2.23. The van der Waals surface area contributed by atoms with Crippen molar-refractivity contribution >= 4 is 40.6 Å². The van der Waals surface area contributed by atoms with Crippen LogP contribution in [0.2, 0.25) is 0 Å². The van der Waals surface area contributed by atoms with Crippen molar-refractivity contribution in [2.75, 3.05) is 0 Å². The van der Waals surface area contributed by atoms with Gasteiger partial charge in [-0.1, -0.05) is 36.4 Å². The second-order valence-corrected chi connectivity index (χ2v) is 5.98. The van der Waals surface area contributed by atoms with Crippen LogP contribution < -0.4 is 0 Å². The van der Waals surface area contributed by atoms with Crippen LogP contribution in [0.5, 0.6) is 5.75 Å². The van der Waals surface area contributed by atoms with E-state index in [0.29, 0.717) is 14.7 Å². The predicted octanol–water partition coefficient (Wildman–Crippen LogP) is 3.18. The molecule has 0 aromatic heterocycles. The van der Waals surface area contributed by atoms with E-state index in [0.717, 1.165) is 0 Å². The molecule has 0 bridgehead atoms. The number of rotatable bonds is 2. The molecule has 0 amide bonds. The fourth-order valence-corrected chi connectivity index (χ4v) is 2.61. The molecule has 1 aliphatic heterocycles. The minimum atomic E-state index is -1.03. The maximum atomic E-state index is 12.1. The maximum absolute atomic E-state index is 12.1. The Morgan fingerprint density at radius 2 is 1.65 bits per heavy atom. The number of hydrogen-bond donors (Lipinski definition) is 1. The van der Waals surface area contributed by atoms with Crippen LogP contribution in [0.3, 0.4) is 0 Å².